The molecule has 2 fully saturated rings. The Labute approximate surface area is 171 Å². The summed E-state index contributed by atoms with van der Waals surface area (Å²) in [4.78, 5) is 45.7. The number of carbonyl (C=O) groups excluding carboxylic acids is 3. The molecule has 9 nitrogen and oxygen atoms in total. The Morgan fingerprint density at radius 3 is 2.48 bits per heavy atom. The van der Waals surface area contributed by atoms with Gasteiger partial charge in [-0.25, -0.2) is 4.79 Å². The van der Waals surface area contributed by atoms with E-state index >= 15 is 0 Å². The highest BCUT2D eigenvalue weighted by Crippen LogP contribution is 2.32. The van der Waals surface area contributed by atoms with E-state index in [0.29, 0.717) is 70.6 Å². The Bertz CT molecular complexity index is 649. The number of ether oxygens (including phenoxy) is 1. The van der Waals surface area contributed by atoms with Gasteiger partial charge in [-0.05, 0) is 32.3 Å². The van der Waals surface area contributed by atoms with E-state index in [0.717, 1.165) is 6.42 Å². The van der Waals surface area contributed by atoms with Crippen LogP contribution in [0.4, 0.5) is 4.79 Å². The van der Waals surface area contributed by atoms with Gasteiger partial charge < -0.3 is 19.9 Å². The van der Waals surface area contributed by atoms with E-state index < -0.39 is 5.60 Å². The molecule has 2 saturated heterocycles. The maximum Gasteiger partial charge on any atom is 0.409 e. The smallest absolute Gasteiger partial charge is 0.409 e. The van der Waals surface area contributed by atoms with Crippen LogP contribution in [0.1, 0.15) is 52.4 Å². The highest BCUT2D eigenvalue weighted by Gasteiger charge is 2.41. The lowest BCUT2D eigenvalue weighted by molar-refractivity contribution is -0.137. The number of amides is 3. The number of hydroxylamine groups is 1. The number of hydrogen-bond donors (Lipinski definition) is 2. The first kappa shape index (κ1) is 21.4. The molecule has 0 radical (unpaired) electrons. The molecule has 0 unspecified atom stereocenters. The molecule has 3 rings (SSSR count). The molecule has 0 bridgehead atoms. The van der Waals surface area contributed by atoms with Crippen molar-refractivity contribution in [1.29, 1.82) is 0 Å². The lowest BCUT2D eigenvalue weighted by Crippen LogP contribution is -2.47. The zero-order valence-corrected chi connectivity index (χ0v) is 17.4. The van der Waals surface area contributed by atoms with Gasteiger partial charge in [-0.15, -0.1) is 0 Å². The van der Waals surface area contributed by atoms with E-state index in [1.54, 1.807) is 11.8 Å². The summed E-state index contributed by atoms with van der Waals surface area (Å²) < 4.78 is 5.02. The molecule has 3 aliphatic heterocycles. The van der Waals surface area contributed by atoms with E-state index in [4.69, 9.17) is 9.57 Å². The molecule has 3 amide bonds. The topological polar surface area (TPSA) is 100 Å². The van der Waals surface area contributed by atoms with Crippen molar-refractivity contribution < 1.29 is 24.0 Å². The summed E-state index contributed by atoms with van der Waals surface area (Å²) in [7, 11) is 0. The first-order valence-electron chi connectivity index (χ1n) is 10.6. The first-order chi connectivity index (χ1) is 14.0. The molecule has 0 aromatic carbocycles. The van der Waals surface area contributed by atoms with Gasteiger partial charge in [0, 0.05) is 51.5 Å². The van der Waals surface area contributed by atoms with E-state index in [1.165, 1.54) is 0 Å². The zero-order chi connectivity index (χ0) is 20.9. The average Bonchev–Trinajstić information content (AvgIpc) is 3.13. The molecule has 9 heteroatoms. The Kier molecular flexibility index (Phi) is 7.00. The Balaban J connectivity index is 1.47. The predicted octanol–water partition coefficient (Wildman–Crippen LogP) is 1.30. The number of piperidine rings is 2. The van der Waals surface area contributed by atoms with Crippen molar-refractivity contribution in [2.75, 3.05) is 32.8 Å². The lowest BCUT2D eigenvalue weighted by Gasteiger charge is -2.36. The van der Waals surface area contributed by atoms with Crippen LogP contribution in [0.5, 0.6) is 0 Å². The monoisotopic (exact) mass is 408 g/mol. The quantitative estimate of drug-likeness (QED) is 0.711. The minimum absolute atomic E-state index is 0.0148. The second-order valence-electron chi connectivity index (χ2n) is 7.89. The molecule has 0 aromatic heterocycles. The largest absolute Gasteiger partial charge is 0.450 e. The number of carbonyl (C=O) groups is 3. The standard InChI is InChI=1S/C20H32N4O5/c1-3-5-17(25)23-12-8-20(9-13-23)14-16(22-29-20)18(26)21-15-6-10-24(11-7-15)19(27)28-4-2/h14-15,22H,3-13H2,1-2H3,(H,21,26). The van der Waals surface area contributed by atoms with Crippen molar-refractivity contribution in [3.05, 3.63) is 11.8 Å². The fourth-order valence-corrected chi connectivity index (χ4v) is 4.03. The Morgan fingerprint density at radius 2 is 1.86 bits per heavy atom. The van der Waals surface area contributed by atoms with E-state index in [2.05, 4.69) is 10.8 Å². The van der Waals surface area contributed by atoms with Gasteiger partial charge in [0.1, 0.15) is 11.3 Å². The SMILES string of the molecule is CCCC(=O)N1CCC2(C=C(C(=O)NC3CCN(C(=O)OCC)CC3)NO2)CC1. The van der Waals surface area contributed by atoms with Crippen LogP contribution in [0.15, 0.2) is 11.8 Å². The first-order valence-corrected chi connectivity index (χ1v) is 10.6. The van der Waals surface area contributed by atoms with Crippen LogP contribution in [0.25, 0.3) is 0 Å². The van der Waals surface area contributed by atoms with Gasteiger partial charge in [0.25, 0.3) is 5.91 Å². The van der Waals surface area contributed by atoms with Gasteiger partial charge >= 0.3 is 6.09 Å². The van der Waals surface area contributed by atoms with Crippen molar-refractivity contribution in [2.24, 2.45) is 0 Å². The van der Waals surface area contributed by atoms with Crippen molar-refractivity contribution in [3.8, 4) is 0 Å². The Hall–Kier alpha value is -2.29. The molecule has 29 heavy (non-hydrogen) atoms. The number of likely N-dealkylation sites (tertiary alicyclic amines) is 2. The van der Waals surface area contributed by atoms with E-state index in [-0.39, 0.29) is 23.9 Å². The third kappa shape index (κ3) is 5.20. The van der Waals surface area contributed by atoms with E-state index in [1.807, 2.05) is 17.9 Å². The molecule has 0 aromatic rings. The molecule has 0 atom stereocenters. The van der Waals surface area contributed by atoms with Crippen LogP contribution >= 0.6 is 0 Å². The van der Waals surface area contributed by atoms with Crippen molar-refractivity contribution in [3.63, 3.8) is 0 Å². The van der Waals surface area contributed by atoms with Gasteiger partial charge in [0.15, 0.2) is 0 Å². The summed E-state index contributed by atoms with van der Waals surface area (Å²) in [6.45, 7) is 6.56. The van der Waals surface area contributed by atoms with Gasteiger partial charge in [0.2, 0.25) is 5.91 Å². The van der Waals surface area contributed by atoms with Crippen LogP contribution in [-0.2, 0) is 19.2 Å². The van der Waals surface area contributed by atoms with Gasteiger partial charge in [-0.3, -0.25) is 19.9 Å². The molecule has 0 saturated carbocycles. The van der Waals surface area contributed by atoms with Gasteiger partial charge in [-0.2, -0.15) is 0 Å². The Morgan fingerprint density at radius 1 is 1.17 bits per heavy atom. The molecule has 1 spiro atoms. The minimum Gasteiger partial charge on any atom is -0.450 e. The van der Waals surface area contributed by atoms with Crippen LogP contribution in [0, 0.1) is 0 Å². The average molecular weight is 408 g/mol. The maximum absolute atomic E-state index is 12.6. The predicted molar refractivity (Wildman–Crippen MR) is 106 cm³/mol. The minimum atomic E-state index is -0.525. The highest BCUT2D eigenvalue weighted by atomic mass is 16.7. The molecule has 3 heterocycles. The maximum atomic E-state index is 12.6. The number of rotatable bonds is 5. The normalized spacial score (nSPS) is 21.5. The summed E-state index contributed by atoms with van der Waals surface area (Å²) in [5, 5.41) is 3.02. The van der Waals surface area contributed by atoms with Crippen LogP contribution in [-0.4, -0.2) is 72.1 Å². The molecule has 3 aliphatic rings. The molecule has 162 valence electrons. The molecule has 0 aliphatic carbocycles. The summed E-state index contributed by atoms with van der Waals surface area (Å²) in [5.41, 5.74) is 2.68. The fraction of sp³-hybridized carbons (Fsp3) is 0.750. The number of hydrogen-bond acceptors (Lipinski definition) is 6. The molecular weight excluding hydrogens is 376 g/mol. The van der Waals surface area contributed by atoms with Gasteiger partial charge in [0.05, 0.1) is 6.61 Å². The fourth-order valence-electron chi connectivity index (χ4n) is 4.03. The zero-order valence-electron chi connectivity index (χ0n) is 17.4. The summed E-state index contributed by atoms with van der Waals surface area (Å²) >= 11 is 0. The van der Waals surface area contributed by atoms with Crippen molar-refractivity contribution >= 4 is 17.9 Å². The molecule has 2 N–H and O–H groups in total. The number of nitrogens with one attached hydrogen (secondary N) is 2. The third-order valence-electron chi connectivity index (χ3n) is 5.80. The van der Waals surface area contributed by atoms with Crippen LogP contribution in [0.2, 0.25) is 0 Å². The summed E-state index contributed by atoms with van der Waals surface area (Å²) in [6, 6.07) is 0.0148. The lowest BCUT2D eigenvalue weighted by atomic mass is 9.90. The number of nitrogens with zero attached hydrogens (tertiary/aromatic N) is 2. The second kappa shape index (κ2) is 9.47. The van der Waals surface area contributed by atoms with Crippen molar-refractivity contribution in [1.82, 2.24) is 20.6 Å². The van der Waals surface area contributed by atoms with E-state index in [9.17, 15) is 14.4 Å². The van der Waals surface area contributed by atoms with Gasteiger partial charge in [-0.1, -0.05) is 6.92 Å². The third-order valence-corrected chi connectivity index (χ3v) is 5.80. The molecular formula is C20H32N4O5. The van der Waals surface area contributed by atoms with Crippen LogP contribution < -0.4 is 10.8 Å². The van der Waals surface area contributed by atoms with Crippen LogP contribution in [0.3, 0.4) is 0 Å². The second-order valence-corrected chi connectivity index (χ2v) is 7.89. The summed E-state index contributed by atoms with van der Waals surface area (Å²) in [5.74, 6) is -0.00892. The summed E-state index contributed by atoms with van der Waals surface area (Å²) in [6.07, 6.45) is 5.71. The highest BCUT2D eigenvalue weighted by molar-refractivity contribution is 5.93. The van der Waals surface area contributed by atoms with Crippen molar-refractivity contribution in [2.45, 2.75) is 64.0 Å².